The zero-order valence-electron chi connectivity index (χ0n) is 36.4. The van der Waals surface area contributed by atoms with Crippen molar-refractivity contribution >= 4 is 53.3 Å². The maximum absolute atomic E-state index is 14.3. The summed E-state index contributed by atoms with van der Waals surface area (Å²) in [6.45, 7) is -0.471. The summed E-state index contributed by atoms with van der Waals surface area (Å²) in [7, 11) is 0. The molecule has 370 valence electrons. The Bertz CT molecular complexity index is 1860. The molecule has 1 aromatic heterocycles. The number of aliphatic carboxylic acids is 1. The van der Waals surface area contributed by atoms with Gasteiger partial charge in [0.25, 0.3) is 0 Å². The third-order valence-corrected chi connectivity index (χ3v) is 10.0. The van der Waals surface area contributed by atoms with Crippen LogP contribution < -0.4 is 60.6 Å². The molecule has 0 spiro atoms. The normalized spacial score (nSPS) is 17.3. The number of aliphatic hydroxyl groups is 1. The first-order valence-corrected chi connectivity index (χ1v) is 21.0. The molecular weight excluding hydrogens is 884 g/mol. The molecular formula is C38H62F3N15O10. The first-order chi connectivity index (χ1) is 31.1. The van der Waals surface area contributed by atoms with Gasteiger partial charge in [0.2, 0.25) is 41.4 Å². The van der Waals surface area contributed by atoms with E-state index < -0.39 is 127 Å². The van der Waals surface area contributed by atoms with E-state index in [1.807, 2.05) is 0 Å². The number of guanidine groups is 1. The molecule has 28 heteroatoms. The molecule has 2 rings (SSSR count). The largest absolute Gasteiger partial charge is 0.477 e. The molecule has 1 aliphatic heterocycles. The summed E-state index contributed by atoms with van der Waals surface area (Å²) in [5, 5.41) is 33.4. The van der Waals surface area contributed by atoms with E-state index in [0.717, 1.165) is 6.08 Å². The van der Waals surface area contributed by atoms with Crippen molar-refractivity contribution in [2.75, 3.05) is 39.3 Å². The van der Waals surface area contributed by atoms with Crippen LogP contribution in [0.5, 0.6) is 0 Å². The Kier molecular flexibility index (Phi) is 23.5. The lowest BCUT2D eigenvalue weighted by Gasteiger charge is -2.30. The third-order valence-electron chi connectivity index (χ3n) is 10.0. The number of halogens is 3. The number of unbranched alkanes of at least 4 members (excludes halogenated alkanes) is 1. The minimum absolute atomic E-state index is 0.00194. The maximum atomic E-state index is 14.3. The average molecular weight is 946 g/mol. The van der Waals surface area contributed by atoms with Crippen molar-refractivity contribution in [1.82, 2.24) is 46.8 Å². The molecule has 1 aromatic rings. The van der Waals surface area contributed by atoms with Crippen molar-refractivity contribution in [2.45, 2.75) is 107 Å². The number of nitrogens with one attached hydrogen (secondary N) is 7. The number of carboxylic acid groups (broad SMARTS) is 1. The molecule has 1 saturated heterocycles. The van der Waals surface area contributed by atoms with E-state index in [2.05, 4.69) is 46.9 Å². The van der Waals surface area contributed by atoms with Crippen molar-refractivity contribution in [3.05, 3.63) is 30.0 Å². The standard InChI is InChI=1S/C38H62F3N15O10/c1-20(51-29(58)14-23(57)15-44)31(60)49-17-30(59)52-25(7-4-10-43)35(64)56-18-21(38(39,40)41)12-28(56)34(63)55-27(13-22-16-47-19-50-22)33(62)53-24(6-2-3-9-42)32(61)54-26(36(65)66)8-5-11-48-37(45)46/h8,16,19-21,23-25,27-28,57H,2-7,9-15,17-18,42-44H2,1H3,(H,47,50)(H,49,60)(H,51,58)(H,52,59)(H,53,62)(H,54,61)(H,55,63)(H,65,66)(H4,45,46,48)/b26-8-/t20?,21-,23+,24-,25+,27-,28-/m0/s1. The molecule has 1 fully saturated rings. The lowest BCUT2D eigenvalue weighted by Crippen LogP contribution is -2.58. The van der Waals surface area contributed by atoms with Crippen molar-refractivity contribution in [2.24, 2.45) is 39.6 Å². The van der Waals surface area contributed by atoms with E-state index >= 15 is 0 Å². The number of nitrogens with zero attached hydrogens (tertiary/aromatic N) is 3. The Balaban J connectivity index is 2.37. The molecule has 1 aliphatic rings. The molecule has 0 bridgehead atoms. The number of carbonyl (C=O) groups is 8. The summed E-state index contributed by atoms with van der Waals surface area (Å²) in [4.78, 5) is 116. The molecule has 19 N–H and O–H groups in total. The van der Waals surface area contributed by atoms with Gasteiger partial charge in [-0.15, -0.1) is 0 Å². The number of hydrogen-bond acceptors (Lipinski definition) is 14. The summed E-state index contributed by atoms with van der Waals surface area (Å²) in [6, 6.07) is -7.59. The minimum atomic E-state index is -4.90. The Labute approximate surface area is 377 Å². The SMILES string of the molecule is CC(NC(=O)C[C@@H](O)CN)C(=O)NCC(=O)N[C@H](CCCN)C(=O)N1C[C@@H](C(F)(F)F)C[C@H]1C(=O)N[C@@H](Cc1cnc[nH]1)C(=O)N[C@@H](CCCCN)C(=O)N/C(=C\CCN=C(N)N)C(=O)O. The van der Waals surface area contributed by atoms with E-state index in [9.17, 15) is 61.7 Å². The monoisotopic (exact) mass is 945 g/mol. The summed E-state index contributed by atoms with van der Waals surface area (Å²) in [6.07, 6.45) is -3.53. The molecule has 2 heterocycles. The number of H-pyrrole nitrogens is 1. The van der Waals surface area contributed by atoms with Gasteiger partial charge in [-0.25, -0.2) is 9.78 Å². The van der Waals surface area contributed by atoms with Gasteiger partial charge in [-0.2, -0.15) is 13.2 Å². The second-order valence-corrected chi connectivity index (χ2v) is 15.3. The highest BCUT2D eigenvalue weighted by atomic mass is 19.4. The van der Waals surface area contributed by atoms with Crippen molar-refractivity contribution in [3.8, 4) is 0 Å². The van der Waals surface area contributed by atoms with E-state index in [1.165, 1.54) is 19.4 Å². The Morgan fingerprint density at radius 2 is 1.61 bits per heavy atom. The number of aliphatic imine (C=N–C) groups is 1. The molecule has 7 atom stereocenters. The summed E-state index contributed by atoms with van der Waals surface area (Å²) < 4.78 is 42.8. The predicted octanol–water partition coefficient (Wildman–Crippen LogP) is -4.87. The molecule has 0 aromatic carbocycles. The van der Waals surface area contributed by atoms with Crippen molar-refractivity contribution in [3.63, 3.8) is 0 Å². The van der Waals surface area contributed by atoms with Crippen LogP contribution in [0.2, 0.25) is 0 Å². The van der Waals surface area contributed by atoms with Crippen LogP contribution in [0.1, 0.15) is 64.0 Å². The van der Waals surface area contributed by atoms with Gasteiger partial charge < -0.3 is 80.7 Å². The lowest BCUT2D eigenvalue weighted by molar-refractivity contribution is -0.171. The predicted molar refractivity (Wildman–Crippen MR) is 228 cm³/mol. The number of likely N-dealkylation sites (tertiary alicyclic amines) is 1. The maximum Gasteiger partial charge on any atom is 0.393 e. The second-order valence-electron chi connectivity index (χ2n) is 15.3. The highest BCUT2D eigenvalue weighted by molar-refractivity contribution is 5.98. The fourth-order valence-electron chi connectivity index (χ4n) is 6.52. The highest BCUT2D eigenvalue weighted by Gasteiger charge is 2.52. The van der Waals surface area contributed by atoms with Gasteiger partial charge >= 0.3 is 12.1 Å². The Morgan fingerprint density at radius 3 is 2.20 bits per heavy atom. The number of carboxylic acids is 1. The average Bonchev–Trinajstić information content (AvgIpc) is 3.95. The number of carbonyl (C=O) groups excluding carboxylic acids is 7. The van der Waals surface area contributed by atoms with Gasteiger partial charge in [-0.05, 0) is 65.0 Å². The number of nitrogens with two attached hydrogens (primary N) is 5. The van der Waals surface area contributed by atoms with Gasteiger partial charge in [0.1, 0.15) is 35.9 Å². The van der Waals surface area contributed by atoms with Crippen molar-refractivity contribution < 1.29 is 61.7 Å². The third kappa shape index (κ3) is 19.4. The number of hydrogen-bond donors (Lipinski definition) is 14. The fraction of sp³-hybridized carbons (Fsp3) is 0.632. The zero-order chi connectivity index (χ0) is 49.6. The zero-order valence-corrected chi connectivity index (χ0v) is 36.4. The highest BCUT2D eigenvalue weighted by Crippen LogP contribution is 2.37. The first kappa shape index (κ1) is 55.7. The Hall–Kier alpha value is -6.39. The molecule has 0 saturated carbocycles. The van der Waals surface area contributed by atoms with E-state index in [0.29, 0.717) is 11.3 Å². The molecule has 7 amide bonds. The molecule has 1 unspecified atom stereocenters. The smallest absolute Gasteiger partial charge is 0.393 e. The number of aliphatic hydroxyl groups excluding tert-OH is 1. The van der Waals surface area contributed by atoms with Gasteiger partial charge in [0.15, 0.2) is 5.96 Å². The second kappa shape index (κ2) is 27.8. The van der Waals surface area contributed by atoms with Crippen LogP contribution in [0, 0.1) is 5.92 Å². The number of amides is 7. The van der Waals surface area contributed by atoms with Crippen molar-refractivity contribution in [1.29, 1.82) is 0 Å². The fourth-order valence-corrected chi connectivity index (χ4v) is 6.52. The van der Waals surface area contributed by atoms with E-state index in [-0.39, 0.29) is 76.4 Å². The first-order valence-electron chi connectivity index (χ1n) is 21.0. The van der Waals surface area contributed by atoms with Crippen LogP contribution in [0.4, 0.5) is 13.2 Å². The van der Waals surface area contributed by atoms with E-state index in [4.69, 9.17) is 28.7 Å². The number of aromatic amines is 1. The number of rotatable bonds is 28. The summed E-state index contributed by atoms with van der Waals surface area (Å²) >= 11 is 0. The lowest BCUT2D eigenvalue weighted by atomic mass is 10.0. The van der Waals surface area contributed by atoms with Gasteiger partial charge in [0.05, 0.1) is 31.3 Å². The number of aromatic nitrogens is 2. The summed E-state index contributed by atoms with van der Waals surface area (Å²) in [5.74, 6) is -10.7. The molecule has 0 aliphatic carbocycles. The topological polar surface area (TPSA) is 424 Å². The number of imidazole rings is 1. The molecule has 25 nitrogen and oxygen atoms in total. The number of alkyl halides is 3. The van der Waals surface area contributed by atoms with Crippen LogP contribution >= 0.6 is 0 Å². The van der Waals surface area contributed by atoms with Gasteiger partial charge in [-0.3, -0.25) is 38.6 Å². The van der Waals surface area contributed by atoms with Gasteiger partial charge in [-0.1, -0.05) is 6.08 Å². The molecule has 0 radical (unpaired) electrons. The Morgan fingerprint density at radius 1 is 0.924 bits per heavy atom. The minimum Gasteiger partial charge on any atom is -0.477 e. The molecule has 66 heavy (non-hydrogen) atoms. The van der Waals surface area contributed by atoms with Crippen LogP contribution in [-0.4, -0.2) is 160 Å². The van der Waals surface area contributed by atoms with Gasteiger partial charge in [0, 0.05) is 37.9 Å². The van der Waals surface area contributed by atoms with Crippen LogP contribution in [0.25, 0.3) is 0 Å². The van der Waals surface area contributed by atoms with E-state index in [1.54, 1.807) is 0 Å². The van der Waals surface area contributed by atoms with Crippen LogP contribution in [0.3, 0.4) is 0 Å². The quantitative estimate of drug-likeness (QED) is 0.0162. The van der Waals surface area contributed by atoms with Crippen LogP contribution in [-0.2, 0) is 44.8 Å². The van der Waals surface area contributed by atoms with Crippen LogP contribution in [0.15, 0.2) is 29.3 Å². The summed E-state index contributed by atoms with van der Waals surface area (Å²) in [5.41, 5.74) is 26.8.